The number of nitrogens with one attached hydrogen (secondary N) is 1. The maximum atomic E-state index is 12.3. The van der Waals surface area contributed by atoms with Gasteiger partial charge in [-0.05, 0) is 42.0 Å². The van der Waals surface area contributed by atoms with Crippen LogP contribution in [0.1, 0.15) is 11.5 Å². The molecule has 7 heteroatoms. The molecule has 0 aliphatic rings. The molecule has 0 fully saturated rings. The zero-order valence-corrected chi connectivity index (χ0v) is 15.1. The minimum atomic E-state index is -0.259. The molecule has 2 heterocycles. The molecule has 1 N–H and O–H groups in total. The second-order valence-electron chi connectivity index (χ2n) is 5.56. The molecule has 0 unspecified atom stereocenters. The predicted molar refractivity (Wildman–Crippen MR) is 99.8 cm³/mol. The number of hydrogen-bond acceptors (Lipinski definition) is 4. The fourth-order valence-corrected chi connectivity index (χ4v) is 3.19. The molecule has 0 radical (unpaired) electrons. The van der Waals surface area contributed by atoms with E-state index in [1.54, 1.807) is 12.1 Å². The van der Waals surface area contributed by atoms with E-state index in [9.17, 15) is 4.79 Å². The third-order valence-electron chi connectivity index (χ3n) is 3.76. The van der Waals surface area contributed by atoms with Gasteiger partial charge in [0.25, 0.3) is 5.56 Å². The quantitative estimate of drug-likeness (QED) is 0.530. The standard InChI is InChI=1S/C18H11BrClN3O2/c19-12-4-5-15-11(8-12)9-14(18(24)21-15)17-22-16(25-23-17)7-10-2-1-3-13(20)6-10/h1-6,8-9H,7H2,(H,21,24). The van der Waals surface area contributed by atoms with Crippen molar-refractivity contribution in [3.63, 3.8) is 0 Å². The number of hydrogen-bond donors (Lipinski definition) is 1. The number of benzene rings is 2. The van der Waals surface area contributed by atoms with E-state index in [4.69, 9.17) is 16.1 Å². The second-order valence-corrected chi connectivity index (χ2v) is 6.91. The highest BCUT2D eigenvalue weighted by Crippen LogP contribution is 2.21. The number of rotatable bonds is 3. The highest BCUT2D eigenvalue weighted by molar-refractivity contribution is 9.10. The van der Waals surface area contributed by atoms with Crippen molar-refractivity contribution >= 4 is 38.4 Å². The SMILES string of the molecule is O=c1[nH]c2ccc(Br)cc2cc1-c1noc(Cc2cccc(Cl)c2)n1. The molecule has 0 atom stereocenters. The fraction of sp³-hybridized carbons (Fsp3) is 0.0556. The molecule has 0 spiro atoms. The van der Waals surface area contributed by atoms with Gasteiger partial charge in [0.15, 0.2) is 0 Å². The number of aromatic amines is 1. The van der Waals surface area contributed by atoms with Crippen molar-refractivity contribution in [3.05, 3.63) is 79.8 Å². The van der Waals surface area contributed by atoms with Crippen LogP contribution in [0.3, 0.4) is 0 Å². The van der Waals surface area contributed by atoms with Crippen LogP contribution in [-0.4, -0.2) is 15.1 Å². The van der Waals surface area contributed by atoms with E-state index in [2.05, 4.69) is 31.1 Å². The molecular formula is C18H11BrClN3O2. The maximum absolute atomic E-state index is 12.3. The van der Waals surface area contributed by atoms with Crippen LogP contribution in [0.5, 0.6) is 0 Å². The smallest absolute Gasteiger partial charge is 0.259 e. The molecule has 5 nitrogen and oxygen atoms in total. The normalized spacial score (nSPS) is 11.1. The number of pyridine rings is 1. The predicted octanol–water partition coefficient (Wildman–Crippen LogP) is 4.58. The number of halogens is 2. The average Bonchev–Trinajstić information content (AvgIpc) is 3.03. The highest BCUT2D eigenvalue weighted by Gasteiger charge is 2.14. The lowest BCUT2D eigenvalue weighted by molar-refractivity contribution is 0.385. The third-order valence-corrected chi connectivity index (χ3v) is 4.49. The first kappa shape index (κ1) is 16.1. The molecular weight excluding hydrogens is 406 g/mol. The van der Waals surface area contributed by atoms with Crippen molar-refractivity contribution in [2.45, 2.75) is 6.42 Å². The fourth-order valence-electron chi connectivity index (χ4n) is 2.60. The van der Waals surface area contributed by atoms with Gasteiger partial charge >= 0.3 is 0 Å². The van der Waals surface area contributed by atoms with E-state index in [1.807, 2.05) is 36.4 Å². The lowest BCUT2D eigenvalue weighted by Gasteiger charge is -2.00. The Labute approximate surface area is 155 Å². The Kier molecular flexibility index (Phi) is 4.15. The summed E-state index contributed by atoms with van der Waals surface area (Å²) in [5.41, 5.74) is 1.82. The van der Waals surface area contributed by atoms with Crippen LogP contribution in [0, 0.1) is 0 Å². The van der Waals surface area contributed by atoms with Gasteiger partial charge in [-0.15, -0.1) is 0 Å². The van der Waals surface area contributed by atoms with Crippen LogP contribution in [0.25, 0.3) is 22.3 Å². The van der Waals surface area contributed by atoms with E-state index >= 15 is 0 Å². The summed E-state index contributed by atoms with van der Waals surface area (Å²) in [6, 6.07) is 14.8. The first-order valence-electron chi connectivity index (χ1n) is 7.48. The van der Waals surface area contributed by atoms with Crippen LogP contribution in [-0.2, 0) is 6.42 Å². The van der Waals surface area contributed by atoms with Gasteiger partial charge in [0.05, 0.1) is 12.0 Å². The number of nitrogens with zero attached hydrogens (tertiary/aromatic N) is 2. The van der Waals surface area contributed by atoms with Gasteiger partial charge in [-0.3, -0.25) is 4.79 Å². The number of fused-ring (bicyclic) bond motifs is 1. The van der Waals surface area contributed by atoms with E-state index in [1.165, 1.54) is 0 Å². The monoisotopic (exact) mass is 415 g/mol. The zero-order valence-electron chi connectivity index (χ0n) is 12.8. The first-order valence-corrected chi connectivity index (χ1v) is 8.65. The Bertz CT molecular complexity index is 1140. The Hall–Kier alpha value is -2.44. The summed E-state index contributed by atoms with van der Waals surface area (Å²) < 4.78 is 6.21. The summed E-state index contributed by atoms with van der Waals surface area (Å²) in [4.78, 5) is 19.5. The summed E-state index contributed by atoms with van der Waals surface area (Å²) in [5, 5.41) is 5.47. The summed E-state index contributed by atoms with van der Waals surface area (Å²) in [6.45, 7) is 0. The topological polar surface area (TPSA) is 71.8 Å². The van der Waals surface area contributed by atoms with Gasteiger partial charge in [0.1, 0.15) is 0 Å². The molecule has 0 amide bonds. The van der Waals surface area contributed by atoms with Crippen molar-refractivity contribution in [1.82, 2.24) is 15.1 Å². The first-order chi connectivity index (χ1) is 12.1. The minimum absolute atomic E-state index is 0.259. The second kappa shape index (κ2) is 6.46. The summed E-state index contributed by atoms with van der Waals surface area (Å²) in [5.74, 6) is 0.686. The van der Waals surface area contributed by atoms with Crippen LogP contribution in [0.4, 0.5) is 0 Å². The van der Waals surface area contributed by atoms with Gasteiger partial charge in [-0.1, -0.05) is 44.8 Å². The van der Waals surface area contributed by atoms with E-state index in [0.717, 1.165) is 20.9 Å². The van der Waals surface area contributed by atoms with Crippen molar-refractivity contribution in [2.75, 3.05) is 0 Å². The lowest BCUT2D eigenvalue weighted by Crippen LogP contribution is -2.09. The van der Waals surface area contributed by atoms with Crippen molar-refractivity contribution < 1.29 is 4.52 Å². The lowest BCUT2D eigenvalue weighted by atomic mass is 10.1. The molecule has 0 saturated carbocycles. The largest absolute Gasteiger partial charge is 0.339 e. The zero-order chi connectivity index (χ0) is 17.4. The Balaban J connectivity index is 1.71. The van der Waals surface area contributed by atoms with Crippen LogP contribution in [0.15, 0.2) is 62.3 Å². The van der Waals surface area contributed by atoms with Gasteiger partial charge in [0, 0.05) is 20.4 Å². The van der Waals surface area contributed by atoms with Crippen molar-refractivity contribution in [3.8, 4) is 11.4 Å². The van der Waals surface area contributed by atoms with Crippen LogP contribution in [0.2, 0.25) is 5.02 Å². The molecule has 0 aliphatic heterocycles. The van der Waals surface area contributed by atoms with Gasteiger partial charge in [-0.2, -0.15) is 4.98 Å². The Morgan fingerprint density at radius 2 is 2.04 bits per heavy atom. The molecule has 0 bridgehead atoms. The maximum Gasteiger partial charge on any atom is 0.259 e. The molecule has 25 heavy (non-hydrogen) atoms. The summed E-state index contributed by atoms with van der Waals surface area (Å²) in [6.07, 6.45) is 0.449. The van der Waals surface area contributed by atoms with Gasteiger partial charge in [-0.25, -0.2) is 0 Å². The minimum Gasteiger partial charge on any atom is -0.339 e. The summed E-state index contributed by atoms with van der Waals surface area (Å²) in [7, 11) is 0. The molecule has 2 aromatic carbocycles. The molecule has 2 aromatic heterocycles. The van der Waals surface area contributed by atoms with Crippen molar-refractivity contribution in [1.29, 1.82) is 0 Å². The van der Waals surface area contributed by atoms with E-state index < -0.39 is 0 Å². The molecule has 0 saturated heterocycles. The van der Waals surface area contributed by atoms with Gasteiger partial charge in [0.2, 0.25) is 11.7 Å². The van der Waals surface area contributed by atoms with Crippen molar-refractivity contribution in [2.24, 2.45) is 0 Å². The van der Waals surface area contributed by atoms with Crippen LogP contribution >= 0.6 is 27.5 Å². The molecule has 0 aliphatic carbocycles. The number of H-pyrrole nitrogens is 1. The van der Waals surface area contributed by atoms with Gasteiger partial charge < -0.3 is 9.51 Å². The Morgan fingerprint density at radius 1 is 1.16 bits per heavy atom. The molecule has 124 valence electrons. The molecule has 4 aromatic rings. The summed E-state index contributed by atoms with van der Waals surface area (Å²) >= 11 is 9.41. The Morgan fingerprint density at radius 3 is 2.88 bits per heavy atom. The van der Waals surface area contributed by atoms with E-state index in [0.29, 0.717) is 22.9 Å². The number of aromatic nitrogens is 3. The van der Waals surface area contributed by atoms with E-state index in [-0.39, 0.29) is 11.4 Å². The van der Waals surface area contributed by atoms with Crippen LogP contribution < -0.4 is 5.56 Å². The molecule has 4 rings (SSSR count). The third kappa shape index (κ3) is 3.36. The average molecular weight is 417 g/mol. The highest BCUT2D eigenvalue weighted by atomic mass is 79.9.